The van der Waals surface area contributed by atoms with E-state index in [1.807, 2.05) is 29.7 Å². The molecule has 2 aliphatic heterocycles. The third kappa shape index (κ3) is 3.85. The second-order valence-corrected chi connectivity index (χ2v) is 11.6. The van der Waals surface area contributed by atoms with Gasteiger partial charge in [-0.2, -0.15) is 0 Å². The number of nitrogens with zero attached hydrogens (tertiary/aromatic N) is 2. The maximum Gasteiger partial charge on any atom is 0.228 e. The molecule has 40 heavy (non-hydrogen) atoms. The highest BCUT2D eigenvalue weighted by Crippen LogP contribution is 2.47. The number of fused-ring (bicyclic) bond motifs is 2. The van der Waals surface area contributed by atoms with E-state index in [1.165, 1.54) is 21.9 Å². The molecule has 6 heteroatoms. The van der Waals surface area contributed by atoms with E-state index >= 15 is 0 Å². The number of hydrogen-bond acceptors (Lipinski definition) is 2. The van der Waals surface area contributed by atoms with Crippen LogP contribution in [-0.2, 0) is 15.0 Å². The second-order valence-electron chi connectivity index (χ2n) is 11.6. The lowest BCUT2D eigenvalue weighted by Crippen LogP contribution is -2.47. The Kier molecular flexibility index (Phi) is 5.81. The topological polar surface area (TPSA) is 72.2 Å². The minimum atomic E-state index is -0.305. The number of benzene rings is 3. The van der Waals surface area contributed by atoms with E-state index in [4.69, 9.17) is 0 Å². The SMILES string of the molecule is Cc1ccc(C)c(N2C[C@H](C(=O)N3CCC(c4c[nH]c5ccccc45)(c4c[nH]c5ccccc45)CC3)CC2=O)c1. The molecule has 7 rings (SSSR count). The fourth-order valence-corrected chi connectivity index (χ4v) is 7.10. The lowest BCUT2D eigenvalue weighted by molar-refractivity contribution is -0.137. The Morgan fingerprint density at radius 3 is 2.08 bits per heavy atom. The van der Waals surface area contributed by atoms with Crippen LogP contribution in [0.15, 0.2) is 79.1 Å². The third-order valence-corrected chi connectivity index (χ3v) is 9.27. The predicted octanol–water partition coefficient (Wildman–Crippen LogP) is 6.23. The monoisotopic (exact) mass is 530 g/mol. The van der Waals surface area contributed by atoms with Gasteiger partial charge in [0, 0.05) is 71.4 Å². The summed E-state index contributed by atoms with van der Waals surface area (Å²) in [4.78, 5) is 37.7. The molecule has 0 unspecified atom stereocenters. The molecule has 2 saturated heterocycles. The number of hydrogen-bond donors (Lipinski definition) is 2. The zero-order chi connectivity index (χ0) is 27.4. The van der Waals surface area contributed by atoms with Crippen LogP contribution in [0.3, 0.4) is 0 Å². The van der Waals surface area contributed by atoms with Crippen molar-refractivity contribution < 1.29 is 9.59 Å². The number of aromatic amines is 2. The number of aryl methyl sites for hydroxylation is 2. The van der Waals surface area contributed by atoms with Gasteiger partial charge in [-0.25, -0.2) is 0 Å². The summed E-state index contributed by atoms with van der Waals surface area (Å²) in [5.74, 6) is -0.162. The van der Waals surface area contributed by atoms with Gasteiger partial charge in [0.25, 0.3) is 0 Å². The van der Waals surface area contributed by atoms with Gasteiger partial charge < -0.3 is 19.8 Å². The van der Waals surface area contributed by atoms with Crippen LogP contribution in [0.1, 0.15) is 41.5 Å². The molecule has 2 fully saturated rings. The predicted molar refractivity (Wildman–Crippen MR) is 160 cm³/mol. The minimum Gasteiger partial charge on any atom is -0.361 e. The molecule has 2 aromatic heterocycles. The molecule has 3 aromatic carbocycles. The minimum absolute atomic E-state index is 0.0380. The van der Waals surface area contributed by atoms with Crippen LogP contribution in [0.2, 0.25) is 0 Å². The van der Waals surface area contributed by atoms with E-state index in [9.17, 15) is 9.59 Å². The molecule has 0 spiro atoms. The van der Waals surface area contributed by atoms with Gasteiger partial charge in [0.15, 0.2) is 0 Å². The lowest BCUT2D eigenvalue weighted by Gasteiger charge is -2.43. The summed E-state index contributed by atoms with van der Waals surface area (Å²) < 4.78 is 0. The molecule has 0 aliphatic carbocycles. The summed E-state index contributed by atoms with van der Waals surface area (Å²) in [6, 6.07) is 23.1. The molecule has 0 radical (unpaired) electrons. The number of amides is 2. The zero-order valence-corrected chi connectivity index (χ0v) is 23.0. The smallest absolute Gasteiger partial charge is 0.228 e. The van der Waals surface area contributed by atoms with Crippen molar-refractivity contribution in [3.63, 3.8) is 0 Å². The molecule has 202 valence electrons. The second kappa shape index (κ2) is 9.40. The van der Waals surface area contributed by atoms with Crippen LogP contribution < -0.4 is 4.90 Å². The van der Waals surface area contributed by atoms with E-state index in [1.54, 1.807) is 0 Å². The number of H-pyrrole nitrogens is 2. The maximum absolute atomic E-state index is 13.8. The number of carbonyl (C=O) groups excluding carboxylic acids is 2. The Labute approximate surface area is 234 Å². The van der Waals surface area contributed by atoms with Crippen molar-refractivity contribution in [1.29, 1.82) is 0 Å². The van der Waals surface area contributed by atoms with E-state index in [-0.39, 0.29) is 29.6 Å². The van der Waals surface area contributed by atoms with Gasteiger partial charge in [-0.05, 0) is 67.1 Å². The third-order valence-electron chi connectivity index (χ3n) is 9.27. The molecule has 0 bridgehead atoms. The number of para-hydroxylation sites is 2. The Morgan fingerprint density at radius 2 is 1.45 bits per heavy atom. The number of aromatic nitrogens is 2. The fourth-order valence-electron chi connectivity index (χ4n) is 7.10. The summed E-state index contributed by atoms with van der Waals surface area (Å²) in [6.45, 7) is 5.83. The first-order valence-electron chi connectivity index (χ1n) is 14.2. The number of likely N-dealkylation sites (tertiary alicyclic amines) is 1. The zero-order valence-electron chi connectivity index (χ0n) is 23.0. The van der Waals surface area contributed by atoms with Crippen molar-refractivity contribution in [3.8, 4) is 0 Å². The summed E-state index contributed by atoms with van der Waals surface area (Å²) in [5.41, 5.74) is 7.72. The van der Waals surface area contributed by atoms with Gasteiger partial charge in [0.1, 0.15) is 0 Å². The highest BCUT2D eigenvalue weighted by atomic mass is 16.2. The summed E-state index contributed by atoms with van der Waals surface area (Å²) >= 11 is 0. The van der Waals surface area contributed by atoms with E-state index < -0.39 is 0 Å². The Hall–Kier alpha value is -4.32. The maximum atomic E-state index is 13.8. The molecular weight excluding hydrogens is 496 g/mol. The van der Waals surface area contributed by atoms with Crippen LogP contribution in [0, 0.1) is 19.8 Å². The highest BCUT2D eigenvalue weighted by molar-refractivity contribution is 6.01. The first-order valence-corrected chi connectivity index (χ1v) is 14.2. The molecule has 1 atom stereocenters. The van der Waals surface area contributed by atoms with Crippen LogP contribution in [0.4, 0.5) is 5.69 Å². The number of nitrogens with one attached hydrogen (secondary N) is 2. The standard InChI is InChI=1S/C34H34N4O2/c1-22-11-12-23(2)31(17-22)38-21-24(18-32(38)39)33(40)37-15-13-34(14-16-37,27-19-35-29-9-5-3-7-25(27)29)28-20-36-30-10-6-4-8-26(28)30/h3-12,17,19-20,24,35-36H,13-16,18,21H2,1-2H3/t24-/m1/s1. The number of rotatable bonds is 4. The molecule has 2 aliphatic rings. The normalized spacial score (nSPS) is 19.1. The van der Waals surface area contributed by atoms with Crippen LogP contribution in [-0.4, -0.2) is 46.3 Å². The number of carbonyl (C=O) groups is 2. The fraction of sp³-hybridized carbons (Fsp3) is 0.294. The van der Waals surface area contributed by atoms with Gasteiger partial charge in [-0.1, -0.05) is 48.5 Å². The van der Waals surface area contributed by atoms with Crippen molar-refractivity contribution in [2.45, 2.75) is 38.5 Å². The first-order chi connectivity index (χ1) is 19.4. The van der Waals surface area contributed by atoms with Gasteiger partial charge >= 0.3 is 0 Å². The quantitative estimate of drug-likeness (QED) is 0.289. The lowest BCUT2D eigenvalue weighted by atomic mass is 9.67. The molecule has 4 heterocycles. The Balaban J connectivity index is 1.18. The Bertz CT molecular complexity index is 1680. The van der Waals surface area contributed by atoms with Gasteiger partial charge in [-0.3, -0.25) is 9.59 Å². The van der Waals surface area contributed by atoms with Gasteiger partial charge in [0.05, 0.1) is 5.92 Å². The van der Waals surface area contributed by atoms with Gasteiger partial charge in [-0.15, -0.1) is 0 Å². The largest absolute Gasteiger partial charge is 0.361 e. The van der Waals surface area contributed by atoms with Crippen LogP contribution in [0.25, 0.3) is 21.8 Å². The number of anilines is 1. The van der Waals surface area contributed by atoms with E-state index in [2.05, 4.69) is 83.0 Å². The van der Waals surface area contributed by atoms with Crippen molar-refractivity contribution >= 4 is 39.3 Å². The molecule has 2 N–H and O–H groups in total. The first kappa shape index (κ1) is 24.7. The summed E-state index contributed by atoms with van der Waals surface area (Å²) in [6.07, 6.45) is 6.26. The summed E-state index contributed by atoms with van der Waals surface area (Å²) in [7, 11) is 0. The average molecular weight is 531 g/mol. The Morgan fingerprint density at radius 1 is 0.850 bits per heavy atom. The van der Waals surface area contributed by atoms with Crippen molar-refractivity contribution in [2.75, 3.05) is 24.5 Å². The van der Waals surface area contributed by atoms with Gasteiger partial charge in [0.2, 0.25) is 11.8 Å². The van der Waals surface area contributed by atoms with Crippen LogP contribution in [0.5, 0.6) is 0 Å². The average Bonchev–Trinajstić information content (AvgIpc) is 3.71. The van der Waals surface area contributed by atoms with E-state index in [0.29, 0.717) is 19.6 Å². The molecular formula is C34H34N4O2. The van der Waals surface area contributed by atoms with Crippen molar-refractivity contribution in [1.82, 2.24) is 14.9 Å². The van der Waals surface area contributed by atoms with Crippen molar-refractivity contribution in [3.05, 3.63) is 101 Å². The molecule has 2 amide bonds. The molecule has 0 saturated carbocycles. The summed E-state index contributed by atoms with van der Waals surface area (Å²) in [5, 5.41) is 2.47. The molecule has 6 nitrogen and oxygen atoms in total. The van der Waals surface area contributed by atoms with E-state index in [0.717, 1.165) is 40.7 Å². The highest BCUT2D eigenvalue weighted by Gasteiger charge is 2.44. The van der Waals surface area contributed by atoms with Crippen LogP contribution >= 0.6 is 0 Å². The van der Waals surface area contributed by atoms with Crippen molar-refractivity contribution in [2.24, 2.45) is 5.92 Å². The number of piperidine rings is 1. The molecule has 5 aromatic rings.